The van der Waals surface area contributed by atoms with E-state index in [1.54, 1.807) is 17.9 Å². The second-order valence-corrected chi connectivity index (χ2v) is 8.49. The molecule has 0 N–H and O–H groups in total. The minimum Gasteiger partial charge on any atom is -0.497 e. The fraction of sp³-hybridized carbons (Fsp3) is 0.115. The third-order valence-electron chi connectivity index (χ3n) is 5.27. The molecule has 6 nitrogen and oxygen atoms in total. The number of aryl methyl sites for hydroxylation is 1. The number of thioether (sulfide) groups is 1. The van der Waals surface area contributed by atoms with Crippen molar-refractivity contribution in [2.75, 3.05) is 7.11 Å². The number of benzene rings is 3. The number of fused-ring (bicyclic) bond motifs is 1. The van der Waals surface area contributed by atoms with Crippen LogP contribution in [0.25, 0.3) is 28.0 Å². The van der Waals surface area contributed by atoms with Crippen LogP contribution in [0.15, 0.2) is 93.4 Å². The molecule has 2 heterocycles. The summed E-state index contributed by atoms with van der Waals surface area (Å²) in [6.45, 7) is 2.02. The smallest absolute Gasteiger partial charge is 0.266 e. The Bertz CT molecular complexity index is 1470. The van der Waals surface area contributed by atoms with E-state index in [1.165, 1.54) is 11.8 Å². The number of aromatic nitrogens is 3. The summed E-state index contributed by atoms with van der Waals surface area (Å²) in [5.41, 5.74) is 4.13. The zero-order valence-electron chi connectivity index (χ0n) is 18.2. The second kappa shape index (κ2) is 8.96. The first-order valence-corrected chi connectivity index (χ1v) is 11.4. The van der Waals surface area contributed by atoms with Crippen molar-refractivity contribution in [3.05, 3.63) is 101 Å². The standard InChI is InChI=1S/C26H21N3O3S/c1-17-7-11-20(12-8-17)29-25(30)22-5-3-4-6-23(22)28-26(29)33-16-19-15-32-24(27-19)18-9-13-21(31-2)14-10-18/h3-15H,16H2,1-2H3. The molecule has 0 saturated carbocycles. The van der Waals surface area contributed by atoms with Gasteiger partial charge in [-0.15, -0.1) is 0 Å². The molecule has 7 heteroatoms. The van der Waals surface area contributed by atoms with Gasteiger partial charge in [-0.3, -0.25) is 9.36 Å². The Morgan fingerprint density at radius 2 is 1.73 bits per heavy atom. The van der Waals surface area contributed by atoms with Crippen molar-refractivity contribution in [3.8, 4) is 22.9 Å². The molecule has 0 atom stereocenters. The Balaban J connectivity index is 1.47. The average Bonchev–Trinajstić information content (AvgIpc) is 3.33. The van der Waals surface area contributed by atoms with E-state index in [1.807, 2.05) is 79.7 Å². The van der Waals surface area contributed by atoms with Crippen molar-refractivity contribution in [2.45, 2.75) is 17.8 Å². The molecule has 164 valence electrons. The van der Waals surface area contributed by atoms with Crippen molar-refractivity contribution in [2.24, 2.45) is 0 Å². The van der Waals surface area contributed by atoms with Gasteiger partial charge in [0.1, 0.15) is 12.0 Å². The highest BCUT2D eigenvalue weighted by atomic mass is 32.2. The molecule has 5 aromatic rings. The summed E-state index contributed by atoms with van der Waals surface area (Å²) < 4.78 is 12.5. The normalized spacial score (nSPS) is 11.1. The molecule has 0 aliphatic heterocycles. The average molecular weight is 456 g/mol. The highest BCUT2D eigenvalue weighted by molar-refractivity contribution is 7.98. The summed E-state index contributed by atoms with van der Waals surface area (Å²) in [5, 5.41) is 1.20. The Morgan fingerprint density at radius 3 is 2.48 bits per heavy atom. The first-order chi connectivity index (χ1) is 16.1. The van der Waals surface area contributed by atoms with Crippen LogP contribution in [0, 0.1) is 6.92 Å². The Hall–Kier alpha value is -3.84. The van der Waals surface area contributed by atoms with E-state index in [2.05, 4.69) is 4.98 Å². The van der Waals surface area contributed by atoms with E-state index < -0.39 is 0 Å². The summed E-state index contributed by atoms with van der Waals surface area (Å²) in [4.78, 5) is 22.7. The predicted molar refractivity (Wildman–Crippen MR) is 130 cm³/mol. The van der Waals surface area contributed by atoms with Crippen molar-refractivity contribution in [1.82, 2.24) is 14.5 Å². The summed E-state index contributed by atoms with van der Waals surface area (Å²) >= 11 is 1.45. The third-order valence-corrected chi connectivity index (χ3v) is 6.25. The van der Waals surface area contributed by atoms with Crippen LogP contribution in [-0.2, 0) is 5.75 Å². The number of hydrogen-bond donors (Lipinski definition) is 0. The number of rotatable bonds is 6. The van der Waals surface area contributed by atoms with Crippen LogP contribution in [0.2, 0.25) is 0 Å². The second-order valence-electron chi connectivity index (χ2n) is 7.55. The minimum absolute atomic E-state index is 0.0916. The van der Waals surface area contributed by atoms with E-state index in [9.17, 15) is 4.79 Å². The number of para-hydroxylation sites is 1. The Labute approximate surface area is 194 Å². The highest BCUT2D eigenvalue weighted by Crippen LogP contribution is 2.27. The van der Waals surface area contributed by atoms with Crippen LogP contribution in [0.1, 0.15) is 11.3 Å². The zero-order chi connectivity index (χ0) is 22.8. The molecule has 2 aromatic heterocycles. The lowest BCUT2D eigenvalue weighted by Crippen LogP contribution is -2.21. The van der Waals surface area contributed by atoms with Gasteiger partial charge in [0.05, 0.1) is 29.4 Å². The van der Waals surface area contributed by atoms with Crippen LogP contribution in [0.5, 0.6) is 5.75 Å². The first-order valence-electron chi connectivity index (χ1n) is 10.4. The Kier molecular flexibility index (Phi) is 5.71. The maximum Gasteiger partial charge on any atom is 0.266 e. The van der Waals surface area contributed by atoms with E-state index in [0.29, 0.717) is 27.7 Å². The van der Waals surface area contributed by atoms with Crippen molar-refractivity contribution < 1.29 is 9.15 Å². The maximum absolute atomic E-state index is 13.4. The minimum atomic E-state index is -0.0916. The van der Waals surface area contributed by atoms with Gasteiger partial charge < -0.3 is 9.15 Å². The molecule has 0 saturated heterocycles. The topological polar surface area (TPSA) is 70.2 Å². The summed E-state index contributed by atoms with van der Waals surface area (Å²) in [5.74, 6) is 1.82. The van der Waals surface area contributed by atoms with E-state index in [-0.39, 0.29) is 5.56 Å². The van der Waals surface area contributed by atoms with Gasteiger partial charge in [-0.25, -0.2) is 9.97 Å². The molecule has 3 aromatic carbocycles. The molecular formula is C26H21N3O3S. The number of nitrogens with zero attached hydrogens (tertiary/aromatic N) is 3. The van der Waals surface area contributed by atoms with Crippen LogP contribution >= 0.6 is 11.8 Å². The van der Waals surface area contributed by atoms with Crippen LogP contribution < -0.4 is 10.3 Å². The molecule has 5 rings (SSSR count). The molecule has 0 unspecified atom stereocenters. The predicted octanol–water partition coefficient (Wildman–Crippen LogP) is 5.65. The highest BCUT2D eigenvalue weighted by Gasteiger charge is 2.15. The Morgan fingerprint density at radius 1 is 0.970 bits per heavy atom. The van der Waals surface area contributed by atoms with Gasteiger partial charge >= 0.3 is 0 Å². The lowest BCUT2D eigenvalue weighted by molar-refractivity contribution is 0.415. The third kappa shape index (κ3) is 4.27. The largest absolute Gasteiger partial charge is 0.497 e. The van der Waals surface area contributed by atoms with Crippen LogP contribution in [0.3, 0.4) is 0 Å². The molecule has 33 heavy (non-hydrogen) atoms. The van der Waals surface area contributed by atoms with Gasteiger partial charge in [-0.2, -0.15) is 0 Å². The van der Waals surface area contributed by atoms with Gasteiger partial charge in [0.2, 0.25) is 5.89 Å². The summed E-state index contributed by atoms with van der Waals surface area (Å²) in [6.07, 6.45) is 1.64. The quantitative estimate of drug-likeness (QED) is 0.243. The molecule has 0 radical (unpaired) electrons. The molecule has 0 bridgehead atoms. The van der Waals surface area contributed by atoms with Crippen LogP contribution in [0.4, 0.5) is 0 Å². The van der Waals surface area contributed by atoms with Gasteiger partial charge in [0.25, 0.3) is 5.56 Å². The van der Waals surface area contributed by atoms with Gasteiger partial charge in [0, 0.05) is 11.3 Å². The number of methoxy groups -OCH3 is 1. The number of ether oxygens (including phenoxy) is 1. The summed E-state index contributed by atoms with van der Waals surface area (Å²) in [7, 11) is 1.63. The first kappa shape index (κ1) is 21.0. The number of oxazole rings is 1. The van der Waals surface area contributed by atoms with Crippen molar-refractivity contribution >= 4 is 22.7 Å². The lowest BCUT2D eigenvalue weighted by atomic mass is 10.2. The van der Waals surface area contributed by atoms with Crippen LogP contribution in [-0.4, -0.2) is 21.6 Å². The van der Waals surface area contributed by atoms with Crippen molar-refractivity contribution in [3.63, 3.8) is 0 Å². The molecule has 0 fully saturated rings. The van der Waals surface area contributed by atoms with Gasteiger partial charge in [-0.1, -0.05) is 41.6 Å². The molecule has 0 aliphatic carbocycles. The molecule has 0 spiro atoms. The monoisotopic (exact) mass is 455 g/mol. The SMILES string of the molecule is COc1ccc(-c2nc(CSc3nc4ccccc4c(=O)n3-c3ccc(C)cc3)co2)cc1. The summed E-state index contributed by atoms with van der Waals surface area (Å²) in [6, 6.07) is 22.8. The van der Waals surface area contributed by atoms with E-state index in [0.717, 1.165) is 28.3 Å². The maximum atomic E-state index is 13.4. The fourth-order valence-corrected chi connectivity index (χ4v) is 4.40. The van der Waals surface area contributed by atoms with Gasteiger partial charge in [-0.05, 0) is 55.5 Å². The fourth-order valence-electron chi connectivity index (χ4n) is 3.51. The molecule has 0 aliphatic rings. The van der Waals surface area contributed by atoms with Crippen molar-refractivity contribution in [1.29, 1.82) is 0 Å². The van der Waals surface area contributed by atoms with Gasteiger partial charge in [0.15, 0.2) is 5.16 Å². The lowest BCUT2D eigenvalue weighted by Gasteiger charge is -2.13. The zero-order valence-corrected chi connectivity index (χ0v) is 19.0. The molecule has 0 amide bonds. The molecular weight excluding hydrogens is 434 g/mol. The van der Waals surface area contributed by atoms with E-state index >= 15 is 0 Å². The number of hydrogen-bond acceptors (Lipinski definition) is 6. The van der Waals surface area contributed by atoms with E-state index in [4.69, 9.17) is 14.1 Å².